The van der Waals surface area contributed by atoms with Gasteiger partial charge in [-0.3, -0.25) is 4.79 Å². The van der Waals surface area contributed by atoms with Gasteiger partial charge in [0.05, 0.1) is 0 Å². The van der Waals surface area contributed by atoms with E-state index in [0.29, 0.717) is 6.04 Å². The van der Waals surface area contributed by atoms with Crippen LogP contribution in [-0.4, -0.2) is 18.0 Å². The number of rotatable bonds is 4. The van der Waals surface area contributed by atoms with Crippen molar-refractivity contribution in [3.8, 4) is 0 Å². The summed E-state index contributed by atoms with van der Waals surface area (Å²) in [5.74, 6) is 0.0791. The molecule has 0 heterocycles. The Morgan fingerprint density at radius 1 is 1.16 bits per heavy atom. The predicted molar refractivity (Wildman–Crippen MR) is 78.2 cm³/mol. The molecular formula is C16H18N2O. The minimum Gasteiger partial charge on any atom is -0.373 e. The fourth-order valence-electron chi connectivity index (χ4n) is 2.20. The van der Waals surface area contributed by atoms with Gasteiger partial charge in [0.25, 0.3) is 0 Å². The summed E-state index contributed by atoms with van der Waals surface area (Å²) >= 11 is 0. The summed E-state index contributed by atoms with van der Waals surface area (Å²) in [4.78, 5) is 12.0. The summed E-state index contributed by atoms with van der Waals surface area (Å²) in [6.07, 6.45) is 2.24. The first-order chi connectivity index (χ1) is 9.24. The molecule has 0 saturated heterocycles. The molecule has 3 rings (SSSR count). The molecule has 0 radical (unpaired) electrons. The van der Waals surface area contributed by atoms with Crippen LogP contribution in [0.15, 0.2) is 42.5 Å². The predicted octanol–water partition coefficient (Wildman–Crippen LogP) is 2.92. The molecule has 0 aromatic heterocycles. The van der Waals surface area contributed by atoms with Crippen LogP contribution in [0.4, 0.5) is 5.69 Å². The van der Waals surface area contributed by atoms with Crippen molar-refractivity contribution < 1.29 is 4.79 Å². The SMILES string of the molecule is C[C@@H](Nc1cccc2ccccc12)C(=O)NC1CC1. The lowest BCUT2D eigenvalue weighted by atomic mass is 10.1. The summed E-state index contributed by atoms with van der Waals surface area (Å²) in [6, 6.07) is 14.5. The summed E-state index contributed by atoms with van der Waals surface area (Å²) in [6.45, 7) is 1.90. The van der Waals surface area contributed by atoms with Crippen molar-refractivity contribution in [2.45, 2.75) is 31.8 Å². The van der Waals surface area contributed by atoms with Gasteiger partial charge in [0, 0.05) is 17.1 Å². The van der Waals surface area contributed by atoms with Crippen molar-refractivity contribution in [3.63, 3.8) is 0 Å². The van der Waals surface area contributed by atoms with Gasteiger partial charge < -0.3 is 10.6 Å². The molecule has 1 saturated carbocycles. The van der Waals surface area contributed by atoms with Crippen LogP contribution in [0.5, 0.6) is 0 Å². The van der Waals surface area contributed by atoms with E-state index < -0.39 is 0 Å². The van der Waals surface area contributed by atoms with E-state index in [1.165, 1.54) is 5.39 Å². The maximum Gasteiger partial charge on any atom is 0.242 e. The Bertz CT molecular complexity index is 599. The first kappa shape index (κ1) is 12.0. The Morgan fingerprint density at radius 2 is 1.89 bits per heavy atom. The van der Waals surface area contributed by atoms with Crippen LogP contribution in [0.2, 0.25) is 0 Å². The average molecular weight is 254 g/mol. The van der Waals surface area contributed by atoms with Crippen LogP contribution in [0.3, 0.4) is 0 Å². The third-order valence-electron chi connectivity index (χ3n) is 3.48. The quantitative estimate of drug-likeness (QED) is 0.880. The Labute approximate surface area is 113 Å². The van der Waals surface area contributed by atoms with Crippen molar-refractivity contribution in [2.75, 3.05) is 5.32 Å². The normalized spacial score (nSPS) is 16.1. The molecule has 2 aromatic carbocycles. The Balaban J connectivity index is 1.78. The van der Waals surface area contributed by atoms with Crippen molar-refractivity contribution >= 4 is 22.4 Å². The number of hydrogen-bond donors (Lipinski definition) is 2. The highest BCUT2D eigenvalue weighted by Gasteiger charge is 2.25. The highest BCUT2D eigenvalue weighted by Crippen LogP contribution is 2.24. The molecule has 0 bridgehead atoms. The molecule has 0 unspecified atom stereocenters. The Hall–Kier alpha value is -2.03. The second-order valence-electron chi connectivity index (χ2n) is 5.18. The lowest BCUT2D eigenvalue weighted by Gasteiger charge is -2.16. The topological polar surface area (TPSA) is 41.1 Å². The first-order valence-electron chi connectivity index (χ1n) is 6.79. The number of anilines is 1. The van der Waals surface area contributed by atoms with E-state index in [1.807, 2.05) is 31.2 Å². The van der Waals surface area contributed by atoms with E-state index >= 15 is 0 Å². The van der Waals surface area contributed by atoms with Crippen LogP contribution >= 0.6 is 0 Å². The number of carbonyl (C=O) groups excluding carboxylic acids is 1. The zero-order chi connectivity index (χ0) is 13.2. The molecule has 1 amide bonds. The Kier molecular flexibility index (Phi) is 3.11. The second-order valence-corrected chi connectivity index (χ2v) is 5.18. The molecule has 3 heteroatoms. The van der Waals surface area contributed by atoms with Gasteiger partial charge in [0.2, 0.25) is 5.91 Å². The maximum atomic E-state index is 12.0. The number of amides is 1. The van der Waals surface area contributed by atoms with Gasteiger partial charge in [-0.2, -0.15) is 0 Å². The molecule has 0 aliphatic heterocycles. The second kappa shape index (κ2) is 4.92. The fraction of sp³-hybridized carbons (Fsp3) is 0.312. The third kappa shape index (κ3) is 2.70. The van der Waals surface area contributed by atoms with E-state index in [9.17, 15) is 4.79 Å². The fourth-order valence-corrected chi connectivity index (χ4v) is 2.20. The Morgan fingerprint density at radius 3 is 2.68 bits per heavy atom. The van der Waals surface area contributed by atoms with Gasteiger partial charge in [-0.05, 0) is 31.2 Å². The maximum absolute atomic E-state index is 12.0. The third-order valence-corrected chi connectivity index (χ3v) is 3.48. The molecular weight excluding hydrogens is 236 g/mol. The van der Waals surface area contributed by atoms with E-state index in [-0.39, 0.29) is 11.9 Å². The van der Waals surface area contributed by atoms with Gasteiger partial charge in [0.1, 0.15) is 6.04 Å². The molecule has 19 heavy (non-hydrogen) atoms. The van der Waals surface area contributed by atoms with Crippen molar-refractivity contribution in [1.82, 2.24) is 5.32 Å². The van der Waals surface area contributed by atoms with Gasteiger partial charge >= 0.3 is 0 Å². The van der Waals surface area contributed by atoms with Crippen LogP contribution < -0.4 is 10.6 Å². The van der Waals surface area contributed by atoms with Crippen LogP contribution in [0, 0.1) is 0 Å². The molecule has 1 aliphatic carbocycles. The lowest BCUT2D eigenvalue weighted by Crippen LogP contribution is -2.38. The molecule has 3 nitrogen and oxygen atoms in total. The van der Waals surface area contributed by atoms with Crippen molar-refractivity contribution in [3.05, 3.63) is 42.5 Å². The van der Waals surface area contributed by atoms with Crippen LogP contribution in [0.1, 0.15) is 19.8 Å². The lowest BCUT2D eigenvalue weighted by molar-refractivity contribution is -0.121. The van der Waals surface area contributed by atoms with Crippen LogP contribution in [0.25, 0.3) is 10.8 Å². The zero-order valence-electron chi connectivity index (χ0n) is 11.0. The van der Waals surface area contributed by atoms with Gasteiger partial charge in [0.15, 0.2) is 0 Å². The summed E-state index contributed by atoms with van der Waals surface area (Å²) in [5.41, 5.74) is 1.01. The average Bonchev–Trinajstić information content (AvgIpc) is 3.23. The van der Waals surface area contributed by atoms with Gasteiger partial charge in [-0.25, -0.2) is 0 Å². The zero-order valence-corrected chi connectivity index (χ0v) is 11.0. The largest absolute Gasteiger partial charge is 0.373 e. The number of fused-ring (bicyclic) bond motifs is 1. The summed E-state index contributed by atoms with van der Waals surface area (Å²) < 4.78 is 0. The van der Waals surface area contributed by atoms with Crippen molar-refractivity contribution in [2.24, 2.45) is 0 Å². The molecule has 1 aliphatic rings. The van der Waals surface area contributed by atoms with Crippen molar-refractivity contribution in [1.29, 1.82) is 0 Å². The highest BCUT2D eigenvalue weighted by molar-refractivity contribution is 5.95. The first-order valence-corrected chi connectivity index (χ1v) is 6.79. The van der Waals surface area contributed by atoms with E-state index in [0.717, 1.165) is 23.9 Å². The molecule has 2 N–H and O–H groups in total. The smallest absolute Gasteiger partial charge is 0.242 e. The molecule has 0 spiro atoms. The van der Waals surface area contributed by atoms with E-state index in [1.54, 1.807) is 0 Å². The monoisotopic (exact) mass is 254 g/mol. The molecule has 1 fully saturated rings. The number of nitrogens with one attached hydrogen (secondary N) is 2. The molecule has 98 valence electrons. The van der Waals surface area contributed by atoms with Crippen LogP contribution in [-0.2, 0) is 4.79 Å². The molecule has 2 aromatic rings. The number of hydrogen-bond acceptors (Lipinski definition) is 2. The minimum absolute atomic E-state index is 0.0791. The van der Waals surface area contributed by atoms with E-state index in [2.05, 4.69) is 28.8 Å². The summed E-state index contributed by atoms with van der Waals surface area (Å²) in [5, 5.41) is 8.66. The van der Waals surface area contributed by atoms with Gasteiger partial charge in [-0.15, -0.1) is 0 Å². The number of carbonyl (C=O) groups is 1. The standard InChI is InChI=1S/C16H18N2O/c1-11(16(19)18-13-9-10-13)17-15-8-4-6-12-5-2-3-7-14(12)15/h2-8,11,13,17H,9-10H2,1H3,(H,18,19)/t11-/m1/s1. The highest BCUT2D eigenvalue weighted by atomic mass is 16.2. The molecule has 1 atom stereocenters. The minimum atomic E-state index is -0.216. The van der Waals surface area contributed by atoms with Gasteiger partial charge in [-0.1, -0.05) is 36.4 Å². The number of benzene rings is 2. The summed E-state index contributed by atoms with van der Waals surface area (Å²) in [7, 11) is 0. The van der Waals surface area contributed by atoms with E-state index in [4.69, 9.17) is 0 Å².